The van der Waals surface area contributed by atoms with Crippen molar-refractivity contribution in [3.05, 3.63) is 76.9 Å². The molecule has 198 valence electrons. The van der Waals surface area contributed by atoms with Crippen LogP contribution < -0.4 is 58.3 Å². The van der Waals surface area contributed by atoms with Gasteiger partial charge in [0.15, 0.2) is 18.1 Å². The average Bonchev–Trinajstić information content (AvgIpc) is 3.52. The molecule has 0 aromatic heterocycles. The first-order valence-electron chi connectivity index (χ1n) is 12.3. The van der Waals surface area contributed by atoms with Gasteiger partial charge in [-0.15, -0.1) is 0 Å². The number of fused-ring (bicyclic) bond motifs is 2. The Morgan fingerprint density at radius 1 is 0.923 bits per heavy atom. The Labute approximate surface area is 247 Å². The Morgan fingerprint density at radius 3 is 2.38 bits per heavy atom. The maximum absolute atomic E-state index is 12.9. The fourth-order valence-electron chi connectivity index (χ4n) is 5.28. The van der Waals surface area contributed by atoms with Gasteiger partial charge in [0.1, 0.15) is 17.2 Å². The van der Waals surface area contributed by atoms with Crippen LogP contribution in [-0.2, 0) is 9.59 Å². The summed E-state index contributed by atoms with van der Waals surface area (Å²) < 4.78 is 27.8. The normalized spacial score (nSPS) is 18.6. The average molecular weight is 543 g/mol. The quantitative estimate of drug-likeness (QED) is 0.361. The summed E-state index contributed by atoms with van der Waals surface area (Å²) in [5, 5.41) is 22.1. The van der Waals surface area contributed by atoms with Gasteiger partial charge in [-0.05, 0) is 53.4 Å². The van der Waals surface area contributed by atoms with Crippen LogP contribution in [0, 0.1) is 5.92 Å². The molecule has 0 spiro atoms. The molecule has 1 aliphatic heterocycles. The Balaban J connectivity index is 0.00000353. The molecule has 0 radical (unpaired) electrons. The molecule has 39 heavy (non-hydrogen) atoms. The number of benzene rings is 3. The van der Waals surface area contributed by atoms with Crippen molar-refractivity contribution in [2.45, 2.75) is 25.2 Å². The van der Waals surface area contributed by atoms with E-state index in [1.54, 1.807) is 30.3 Å². The number of carbonyl (C=O) groups excluding carboxylic acids is 1. The fourth-order valence-corrected chi connectivity index (χ4v) is 5.28. The molecule has 1 N–H and O–H groups in total. The molecule has 3 aromatic carbocycles. The Hall–Kier alpha value is -3.40. The summed E-state index contributed by atoms with van der Waals surface area (Å²) in [6.07, 6.45) is 0.813. The first-order chi connectivity index (χ1) is 18.4. The molecule has 0 bridgehead atoms. The summed E-state index contributed by atoms with van der Waals surface area (Å²) in [7, 11) is 1.48. The number of rotatable bonds is 10. The smallest absolute Gasteiger partial charge is 0.550 e. The van der Waals surface area contributed by atoms with Crippen molar-refractivity contribution in [2.75, 3.05) is 27.1 Å². The topological polar surface area (TPSA) is 124 Å². The van der Waals surface area contributed by atoms with Crippen LogP contribution >= 0.6 is 0 Å². The second kappa shape index (κ2) is 12.2. The monoisotopic (exact) mass is 542 g/mol. The third kappa shape index (κ3) is 5.66. The molecular weight excluding hydrogens is 515 g/mol. The number of carbonyl (C=O) groups is 2. The minimum Gasteiger partial charge on any atom is -0.550 e. The third-order valence-electron chi connectivity index (χ3n) is 6.85. The van der Waals surface area contributed by atoms with Gasteiger partial charge in [-0.2, -0.15) is 0 Å². The first kappa shape index (κ1) is 28.6. The second-order valence-electron chi connectivity index (χ2n) is 9.14. The van der Waals surface area contributed by atoms with E-state index in [2.05, 4.69) is 0 Å². The molecule has 0 saturated heterocycles. The van der Waals surface area contributed by atoms with Crippen LogP contribution in [0.5, 0.6) is 28.7 Å². The molecular formula is C29H27NaO9. The summed E-state index contributed by atoms with van der Waals surface area (Å²) in [5.41, 5.74) is 2.78. The van der Waals surface area contributed by atoms with Crippen molar-refractivity contribution in [1.82, 2.24) is 0 Å². The Kier molecular flexibility index (Phi) is 8.94. The summed E-state index contributed by atoms with van der Waals surface area (Å²) >= 11 is 0. The van der Waals surface area contributed by atoms with Gasteiger partial charge in [0.25, 0.3) is 0 Å². The van der Waals surface area contributed by atoms with Gasteiger partial charge < -0.3 is 38.7 Å². The van der Waals surface area contributed by atoms with Gasteiger partial charge in [0.05, 0.1) is 13.7 Å². The summed E-state index contributed by atoms with van der Waals surface area (Å²) in [5.74, 6) is -2.31. The van der Waals surface area contributed by atoms with E-state index >= 15 is 0 Å². The van der Waals surface area contributed by atoms with Crippen molar-refractivity contribution in [3.8, 4) is 28.7 Å². The van der Waals surface area contributed by atoms with Crippen LogP contribution in [-0.4, -0.2) is 44.2 Å². The summed E-state index contributed by atoms with van der Waals surface area (Å²) in [6.45, 7) is 2.01. The summed E-state index contributed by atoms with van der Waals surface area (Å²) in [6, 6.07) is 15.9. The second-order valence-corrected chi connectivity index (χ2v) is 9.14. The number of hydrogen-bond acceptors (Lipinski definition) is 8. The molecule has 9 nitrogen and oxygen atoms in total. The zero-order valence-electron chi connectivity index (χ0n) is 22.0. The Morgan fingerprint density at radius 2 is 1.67 bits per heavy atom. The van der Waals surface area contributed by atoms with E-state index in [9.17, 15) is 19.8 Å². The van der Waals surface area contributed by atoms with Crippen LogP contribution in [0.1, 0.15) is 47.4 Å². The van der Waals surface area contributed by atoms with E-state index in [-0.39, 0.29) is 42.1 Å². The zero-order valence-corrected chi connectivity index (χ0v) is 24.0. The third-order valence-corrected chi connectivity index (χ3v) is 6.85. The van der Waals surface area contributed by atoms with Crippen molar-refractivity contribution >= 4 is 11.9 Å². The molecule has 0 saturated carbocycles. The van der Waals surface area contributed by atoms with E-state index < -0.39 is 36.3 Å². The predicted octanol–water partition coefficient (Wildman–Crippen LogP) is 0.324. The number of carboxylic acids is 2. The van der Waals surface area contributed by atoms with E-state index in [1.807, 2.05) is 31.2 Å². The minimum atomic E-state index is -1.25. The van der Waals surface area contributed by atoms with Gasteiger partial charge in [-0.1, -0.05) is 25.1 Å². The maximum Gasteiger partial charge on any atom is 1.00 e. The van der Waals surface area contributed by atoms with Crippen LogP contribution in [0.15, 0.2) is 54.6 Å². The molecule has 2 aliphatic rings. The maximum atomic E-state index is 12.9. The molecule has 3 aromatic rings. The van der Waals surface area contributed by atoms with Crippen LogP contribution in [0.3, 0.4) is 0 Å². The van der Waals surface area contributed by atoms with Crippen LogP contribution in [0.4, 0.5) is 0 Å². The molecule has 0 amide bonds. The van der Waals surface area contributed by atoms with E-state index in [0.29, 0.717) is 35.2 Å². The zero-order chi connectivity index (χ0) is 26.8. The molecule has 10 heteroatoms. The molecule has 3 unspecified atom stereocenters. The number of hydrogen-bond donors (Lipinski definition) is 1. The number of methoxy groups -OCH3 is 1. The van der Waals surface area contributed by atoms with Crippen molar-refractivity contribution in [1.29, 1.82) is 0 Å². The number of aliphatic carboxylic acids is 2. The molecule has 0 fully saturated rings. The van der Waals surface area contributed by atoms with E-state index in [0.717, 1.165) is 23.1 Å². The molecule has 3 atom stereocenters. The van der Waals surface area contributed by atoms with Crippen LogP contribution in [0.25, 0.3) is 0 Å². The van der Waals surface area contributed by atoms with Gasteiger partial charge in [0, 0.05) is 35.4 Å². The number of carboxylic acid groups (broad SMARTS) is 2. The van der Waals surface area contributed by atoms with Gasteiger partial charge >= 0.3 is 35.5 Å². The van der Waals surface area contributed by atoms with Crippen molar-refractivity contribution in [2.24, 2.45) is 5.92 Å². The SMILES string of the molecule is CCCOc1ccc2c(c1)C(c1ccc(OC)cc1OCC(=O)O)C(C(=O)[O-])C2c1ccc2c(c1)OCO2.[Na+]. The predicted molar refractivity (Wildman–Crippen MR) is 133 cm³/mol. The van der Waals surface area contributed by atoms with Crippen LogP contribution in [0.2, 0.25) is 0 Å². The number of ether oxygens (including phenoxy) is 5. The minimum absolute atomic E-state index is 0. The van der Waals surface area contributed by atoms with E-state index in [1.165, 1.54) is 7.11 Å². The van der Waals surface area contributed by atoms with Gasteiger partial charge in [-0.25, -0.2) is 4.79 Å². The standard InChI is InChI=1S/C29H28O9.Na/c1-3-10-35-18-6-7-19-21(12-18)27(20-8-5-17(34-2)13-23(20)36-14-25(30)31)28(29(32)33)26(19)16-4-9-22-24(11-16)38-15-37-22;/h4-9,11-13,26-28H,3,10,14-15H2,1-2H3,(H,30,31)(H,32,33);/q;+1/p-1. The molecule has 1 aliphatic carbocycles. The molecule has 5 rings (SSSR count). The summed E-state index contributed by atoms with van der Waals surface area (Å²) in [4.78, 5) is 24.2. The Bertz CT molecular complexity index is 1370. The fraction of sp³-hybridized carbons (Fsp3) is 0.310. The van der Waals surface area contributed by atoms with Gasteiger partial charge in [-0.3, -0.25) is 0 Å². The first-order valence-corrected chi connectivity index (χ1v) is 12.3. The van der Waals surface area contributed by atoms with Crippen molar-refractivity contribution in [3.63, 3.8) is 0 Å². The molecule has 1 heterocycles. The van der Waals surface area contributed by atoms with E-state index in [4.69, 9.17) is 23.7 Å². The van der Waals surface area contributed by atoms with Crippen molar-refractivity contribution < 1.29 is 73.0 Å². The van der Waals surface area contributed by atoms with Gasteiger partial charge in [0.2, 0.25) is 6.79 Å². The largest absolute Gasteiger partial charge is 1.00 e.